The molecule has 1 aliphatic carbocycles. The average molecular weight is 279 g/mol. The van der Waals surface area contributed by atoms with E-state index in [0.29, 0.717) is 28.9 Å². The van der Waals surface area contributed by atoms with Gasteiger partial charge >= 0.3 is 0 Å². The first kappa shape index (κ1) is 13.1. The van der Waals surface area contributed by atoms with E-state index < -0.39 is 0 Å². The Balaban J connectivity index is 1.70. The lowest BCUT2D eigenvalue weighted by Crippen LogP contribution is -2.15. The maximum Gasteiger partial charge on any atom is 0.274 e. The standard InChI is InChI=1S/C15H13N5O/c16-9-10-1-3-11(4-2-10)18-14(21)13-7-8-17-15(20-13)19-12-5-6-12/h1-4,7-8,12H,5-6H2,(H,18,21)(H,17,19,20). The van der Waals surface area contributed by atoms with E-state index in [9.17, 15) is 4.79 Å². The fourth-order valence-electron chi connectivity index (χ4n) is 1.79. The largest absolute Gasteiger partial charge is 0.351 e. The summed E-state index contributed by atoms with van der Waals surface area (Å²) in [6.07, 6.45) is 3.79. The van der Waals surface area contributed by atoms with Gasteiger partial charge in [-0.2, -0.15) is 5.26 Å². The van der Waals surface area contributed by atoms with E-state index in [1.54, 1.807) is 36.5 Å². The van der Waals surface area contributed by atoms with E-state index in [4.69, 9.17) is 5.26 Å². The Hall–Kier alpha value is -2.94. The molecule has 1 aromatic heterocycles. The third kappa shape index (κ3) is 3.34. The number of hydrogen-bond acceptors (Lipinski definition) is 5. The van der Waals surface area contributed by atoms with Gasteiger partial charge in [0.05, 0.1) is 11.6 Å². The molecule has 0 bridgehead atoms. The van der Waals surface area contributed by atoms with Crippen molar-refractivity contribution in [3.8, 4) is 6.07 Å². The number of anilines is 2. The molecule has 2 N–H and O–H groups in total. The second-order valence-corrected chi connectivity index (χ2v) is 4.83. The highest BCUT2D eigenvalue weighted by molar-refractivity contribution is 6.02. The maximum atomic E-state index is 12.1. The van der Waals surface area contributed by atoms with Crippen molar-refractivity contribution >= 4 is 17.5 Å². The van der Waals surface area contributed by atoms with E-state index in [2.05, 4.69) is 20.6 Å². The lowest BCUT2D eigenvalue weighted by atomic mass is 10.2. The van der Waals surface area contributed by atoms with Crippen LogP contribution in [0.25, 0.3) is 0 Å². The van der Waals surface area contributed by atoms with Gasteiger partial charge < -0.3 is 10.6 Å². The first-order valence-corrected chi connectivity index (χ1v) is 6.66. The summed E-state index contributed by atoms with van der Waals surface area (Å²) in [6.45, 7) is 0. The van der Waals surface area contributed by atoms with Crippen LogP contribution >= 0.6 is 0 Å². The average Bonchev–Trinajstić information content (AvgIpc) is 3.32. The molecule has 1 fully saturated rings. The number of nitrogens with zero attached hydrogens (tertiary/aromatic N) is 3. The zero-order valence-electron chi connectivity index (χ0n) is 11.2. The Morgan fingerprint density at radius 1 is 1.24 bits per heavy atom. The van der Waals surface area contributed by atoms with Crippen LogP contribution in [0.2, 0.25) is 0 Å². The van der Waals surface area contributed by atoms with Gasteiger partial charge in [-0.3, -0.25) is 4.79 Å². The molecule has 0 atom stereocenters. The number of aromatic nitrogens is 2. The highest BCUT2D eigenvalue weighted by Crippen LogP contribution is 2.22. The SMILES string of the molecule is N#Cc1ccc(NC(=O)c2ccnc(NC3CC3)n2)cc1. The number of nitrogens with one attached hydrogen (secondary N) is 2. The Morgan fingerprint density at radius 2 is 2.00 bits per heavy atom. The van der Waals surface area contributed by atoms with Crippen LogP contribution in [0.5, 0.6) is 0 Å². The van der Waals surface area contributed by atoms with Crippen LogP contribution in [0.15, 0.2) is 36.5 Å². The maximum absolute atomic E-state index is 12.1. The Bertz CT molecular complexity index is 701. The lowest BCUT2D eigenvalue weighted by Gasteiger charge is -2.06. The Labute approximate surface area is 121 Å². The first-order valence-electron chi connectivity index (χ1n) is 6.66. The molecule has 1 amide bonds. The molecule has 1 aliphatic rings. The lowest BCUT2D eigenvalue weighted by molar-refractivity contribution is 0.102. The minimum Gasteiger partial charge on any atom is -0.351 e. The summed E-state index contributed by atoms with van der Waals surface area (Å²) in [5.74, 6) is 0.172. The van der Waals surface area contributed by atoms with E-state index in [0.717, 1.165) is 12.8 Å². The smallest absolute Gasteiger partial charge is 0.274 e. The van der Waals surface area contributed by atoms with Crippen LogP contribution in [0.3, 0.4) is 0 Å². The van der Waals surface area contributed by atoms with Crippen LogP contribution in [-0.2, 0) is 0 Å². The number of carbonyl (C=O) groups excluding carboxylic acids is 1. The van der Waals surface area contributed by atoms with E-state index in [1.807, 2.05) is 6.07 Å². The summed E-state index contributed by atoms with van der Waals surface area (Å²) in [6, 6.07) is 10.7. The Kier molecular flexibility index (Phi) is 3.48. The number of carbonyl (C=O) groups is 1. The third-order valence-electron chi connectivity index (χ3n) is 3.07. The summed E-state index contributed by atoms with van der Waals surface area (Å²) >= 11 is 0. The predicted molar refractivity (Wildman–Crippen MR) is 77.8 cm³/mol. The van der Waals surface area contributed by atoms with Crippen LogP contribution in [-0.4, -0.2) is 21.9 Å². The van der Waals surface area contributed by atoms with Crippen molar-refractivity contribution in [2.45, 2.75) is 18.9 Å². The molecular weight excluding hydrogens is 266 g/mol. The molecule has 0 aliphatic heterocycles. The molecule has 104 valence electrons. The summed E-state index contributed by atoms with van der Waals surface area (Å²) in [5.41, 5.74) is 1.47. The second kappa shape index (κ2) is 5.59. The first-order chi connectivity index (χ1) is 10.2. The minimum atomic E-state index is -0.305. The molecule has 1 aromatic carbocycles. The summed E-state index contributed by atoms with van der Waals surface area (Å²) in [7, 11) is 0. The molecule has 0 unspecified atom stereocenters. The number of benzene rings is 1. The van der Waals surface area contributed by atoms with Crippen molar-refractivity contribution in [3.05, 3.63) is 47.8 Å². The van der Waals surface area contributed by atoms with Gasteiger partial charge in [0.15, 0.2) is 0 Å². The van der Waals surface area contributed by atoms with Gasteiger partial charge in [-0.25, -0.2) is 9.97 Å². The quantitative estimate of drug-likeness (QED) is 0.895. The zero-order valence-corrected chi connectivity index (χ0v) is 11.2. The van der Waals surface area contributed by atoms with Crippen LogP contribution < -0.4 is 10.6 Å². The molecule has 1 heterocycles. The molecule has 6 heteroatoms. The number of hydrogen-bond donors (Lipinski definition) is 2. The van der Waals surface area contributed by atoms with Gasteiger partial charge in [-0.05, 0) is 43.2 Å². The van der Waals surface area contributed by atoms with Gasteiger partial charge in [-0.1, -0.05) is 0 Å². The monoisotopic (exact) mass is 279 g/mol. The zero-order chi connectivity index (χ0) is 14.7. The summed E-state index contributed by atoms with van der Waals surface area (Å²) in [5, 5.41) is 14.6. The molecule has 21 heavy (non-hydrogen) atoms. The molecule has 0 spiro atoms. The van der Waals surface area contributed by atoms with Crippen molar-refractivity contribution in [2.75, 3.05) is 10.6 Å². The number of nitriles is 1. The van der Waals surface area contributed by atoms with Gasteiger partial charge in [0.25, 0.3) is 5.91 Å². The summed E-state index contributed by atoms with van der Waals surface area (Å²) in [4.78, 5) is 20.4. The van der Waals surface area contributed by atoms with Crippen molar-refractivity contribution in [1.29, 1.82) is 5.26 Å². The highest BCUT2D eigenvalue weighted by atomic mass is 16.1. The molecular formula is C15H13N5O. The molecule has 2 aromatic rings. The minimum absolute atomic E-state index is 0.303. The van der Waals surface area contributed by atoms with Gasteiger partial charge in [0.1, 0.15) is 5.69 Å². The predicted octanol–water partition coefficient (Wildman–Crippen LogP) is 2.17. The molecule has 1 saturated carbocycles. The van der Waals surface area contributed by atoms with Crippen LogP contribution in [0, 0.1) is 11.3 Å². The van der Waals surface area contributed by atoms with Crippen molar-refractivity contribution in [3.63, 3.8) is 0 Å². The van der Waals surface area contributed by atoms with Gasteiger partial charge in [0.2, 0.25) is 5.95 Å². The van der Waals surface area contributed by atoms with Crippen LogP contribution in [0.4, 0.5) is 11.6 Å². The number of rotatable bonds is 4. The van der Waals surface area contributed by atoms with Gasteiger partial charge in [-0.15, -0.1) is 0 Å². The summed E-state index contributed by atoms with van der Waals surface area (Å²) < 4.78 is 0. The van der Waals surface area contributed by atoms with Crippen LogP contribution in [0.1, 0.15) is 28.9 Å². The Morgan fingerprint density at radius 3 is 2.67 bits per heavy atom. The molecule has 0 radical (unpaired) electrons. The van der Waals surface area contributed by atoms with Gasteiger partial charge in [0, 0.05) is 17.9 Å². The van der Waals surface area contributed by atoms with Crippen molar-refractivity contribution in [2.24, 2.45) is 0 Å². The second-order valence-electron chi connectivity index (χ2n) is 4.83. The molecule has 3 rings (SSSR count). The fourth-order valence-corrected chi connectivity index (χ4v) is 1.79. The highest BCUT2D eigenvalue weighted by Gasteiger charge is 2.22. The normalized spacial score (nSPS) is 13.3. The van der Waals surface area contributed by atoms with E-state index >= 15 is 0 Å². The number of amides is 1. The van der Waals surface area contributed by atoms with Crippen molar-refractivity contribution in [1.82, 2.24) is 9.97 Å². The van der Waals surface area contributed by atoms with E-state index in [-0.39, 0.29) is 5.91 Å². The molecule has 6 nitrogen and oxygen atoms in total. The molecule has 0 saturated heterocycles. The topological polar surface area (TPSA) is 90.7 Å². The van der Waals surface area contributed by atoms with E-state index in [1.165, 1.54) is 0 Å². The fraction of sp³-hybridized carbons (Fsp3) is 0.200. The van der Waals surface area contributed by atoms with Crippen molar-refractivity contribution < 1.29 is 4.79 Å². The third-order valence-corrected chi connectivity index (χ3v) is 3.07.